The number of hydrogen-bond donors (Lipinski definition) is 1. The third-order valence-electron chi connectivity index (χ3n) is 4.00. The largest absolute Gasteiger partial charge is 0.480 e. The quantitative estimate of drug-likeness (QED) is 0.758. The van der Waals surface area contributed by atoms with Crippen LogP contribution in [0.25, 0.3) is 0 Å². The molecule has 0 spiro atoms. The minimum atomic E-state index is -4.65. The van der Waals surface area contributed by atoms with E-state index in [0.717, 1.165) is 23.1 Å². The number of nitrogens with zero attached hydrogens (tertiary/aromatic N) is 1. The summed E-state index contributed by atoms with van der Waals surface area (Å²) in [4.78, 5) is 25.1. The summed E-state index contributed by atoms with van der Waals surface area (Å²) in [5.41, 5.74) is -1.19. The third-order valence-corrected chi connectivity index (χ3v) is 4.00. The number of aliphatic carboxylic acids is 1. The molecule has 0 aliphatic heterocycles. The second kappa shape index (κ2) is 8.20. The molecule has 2 aromatic carbocycles. The van der Waals surface area contributed by atoms with Crippen molar-refractivity contribution in [3.63, 3.8) is 0 Å². The van der Waals surface area contributed by atoms with Crippen molar-refractivity contribution >= 4 is 17.6 Å². The van der Waals surface area contributed by atoms with Crippen LogP contribution >= 0.6 is 0 Å². The van der Waals surface area contributed by atoms with Crippen molar-refractivity contribution in [1.29, 1.82) is 0 Å². The lowest BCUT2D eigenvalue weighted by Crippen LogP contribution is -2.46. The van der Waals surface area contributed by atoms with Gasteiger partial charge in [-0.25, -0.2) is 9.18 Å². The molecule has 0 saturated heterocycles. The first-order valence-electron chi connectivity index (χ1n) is 8.10. The SMILES string of the molecule is CCC(C(=O)O)N(C(=O)Cc1ccccc1F)c1cccc(C(F)(F)F)c1. The molecule has 0 aliphatic rings. The topological polar surface area (TPSA) is 57.6 Å². The van der Waals surface area contributed by atoms with E-state index in [4.69, 9.17) is 0 Å². The minimum Gasteiger partial charge on any atom is -0.480 e. The zero-order valence-electron chi connectivity index (χ0n) is 14.3. The highest BCUT2D eigenvalue weighted by Gasteiger charge is 2.34. The Kier molecular flexibility index (Phi) is 6.20. The molecular weight excluding hydrogens is 366 g/mol. The minimum absolute atomic E-state index is 0.0275. The molecule has 0 heterocycles. The molecule has 0 bridgehead atoms. The summed E-state index contributed by atoms with van der Waals surface area (Å²) in [6, 6.07) is 7.92. The molecule has 0 aliphatic carbocycles. The van der Waals surface area contributed by atoms with Gasteiger partial charge in [-0.15, -0.1) is 0 Å². The number of amides is 1. The van der Waals surface area contributed by atoms with Crippen LogP contribution in [0, 0.1) is 5.82 Å². The number of carboxylic acid groups (broad SMARTS) is 1. The normalized spacial score (nSPS) is 12.5. The van der Waals surface area contributed by atoms with E-state index in [2.05, 4.69) is 0 Å². The van der Waals surface area contributed by atoms with E-state index in [-0.39, 0.29) is 17.7 Å². The Labute approximate surface area is 153 Å². The second-order valence-corrected chi connectivity index (χ2v) is 5.84. The van der Waals surface area contributed by atoms with Crippen molar-refractivity contribution in [3.8, 4) is 0 Å². The van der Waals surface area contributed by atoms with Gasteiger partial charge in [0.1, 0.15) is 11.9 Å². The van der Waals surface area contributed by atoms with Gasteiger partial charge in [0.15, 0.2) is 0 Å². The predicted molar refractivity (Wildman–Crippen MR) is 90.7 cm³/mol. The molecule has 4 nitrogen and oxygen atoms in total. The fourth-order valence-corrected chi connectivity index (χ4v) is 2.69. The summed E-state index contributed by atoms with van der Waals surface area (Å²) in [5, 5.41) is 9.41. The second-order valence-electron chi connectivity index (χ2n) is 5.84. The summed E-state index contributed by atoms with van der Waals surface area (Å²) < 4.78 is 52.9. The lowest BCUT2D eigenvalue weighted by atomic mass is 10.1. The smallest absolute Gasteiger partial charge is 0.416 e. The van der Waals surface area contributed by atoms with Gasteiger partial charge in [-0.3, -0.25) is 9.69 Å². The zero-order valence-corrected chi connectivity index (χ0v) is 14.3. The summed E-state index contributed by atoms with van der Waals surface area (Å²) in [7, 11) is 0. The van der Waals surface area contributed by atoms with Gasteiger partial charge in [0.05, 0.1) is 12.0 Å². The number of anilines is 1. The van der Waals surface area contributed by atoms with Crippen molar-refractivity contribution in [2.24, 2.45) is 0 Å². The van der Waals surface area contributed by atoms with Gasteiger partial charge in [0.2, 0.25) is 5.91 Å². The van der Waals surface area contributed by atoms with Gasteiger partial charge < -0.3 is 5.11 Å². The maximum atomic E-state index is 13.8. The molecule has 27 heavy (non-hydrogen) atoms. The van der Waals surface area contributed by atoms with Gasteiger partial charge in [0, 0.05) is 5.69 Å². The molecular formula is C19H17F4NO3. The van der Waals surface area contributed by atoms with Crippen LogP contribution in [-0.4, -0.2) is 23.0 Å². The zero-order chi connectivity index (χ0) is 20.2. The predicted octanol–water partition coefficient (Wildman–Crippen LogP) is 4.28. The van der Waals surface area contributed by atoms with Crippen LogP contribution in [0.15, 0.2) is 48.5 Å². The highest BCUT2D eigenvalue weighted by Crippen LogP contribution is 2.32. The molecule has 1 atom stereocenters. The van der Waals surface area contributed by atoms with E-state index < -0.39 is 41.9 Å². The van der Waals surface area contributed by atoms with E-state index in [1.165, 1.54) is 31.2 Å². The Morgan fingerprint density at radius 1 is 1.11 bits per heavy atom. The highest BCUT2D eigenvalue weighted by atomic mass is 19.4. The van der Waals surface area contributed by atoms with Gasteiger partial charge in [-0.05, 0) is 36.2 Å². The fourth-order valence-electron chi connectivity index (χ4n) is 2.69. The number of carboxylic acids is 1. The Morgan fingerprint density at radius 2 is 1.78 bits per heavy atom. The van der Waals surface area contributed by atoms with E-state index in [9.17, 15) is 32.3 Å². The maximum Gasteiger partial charge on any atom is 0.416 e. The third kappa shape index (κ3) is 4.84. The summed E-state index contributed by atoms with van der Waals surface area (Å²) in [6.45, 7) is 1.50. The molecule has 2 rings (SSSR count). The van der Waals surface area contributed by atoms with E-state index >= 15 is 0 Å². The monoisotopic (exact) mass is 383 g/mol. The van der Waals surface area contributed by atoms with Crippen LogP contribution in [0.3, 0.4) is 0 Å². The average Bonchev–Trinajstić information content (AvgIpc) is 2.60. The number of carbonyl (C=O) groups is 2. The molecule has 0 radical (unpaired) electrons. The summed E-state index contributed by atoms with van der Waals surface area (Å²) >= 11 is 0. The molecule has 0 saturated carbocycles. The number of benzene rings is 2. The molecule has 0 fully saturated rings. The molecule has 1 amide bonds. The average molecular weight is 383 g/mol. The van der Waals surface area contributed by atoms with Crippen molar-refractivity contribution < 1.29 is 32.3 Å². The van der Waals surface area contributed by atoms with Gasteiger partial charge in [-0.2, -0.15) is 13.2 Å². The molecule has 1 unspecified atom stereocenters. The summed E-state index contributed by atoms with van der Waals surface area (Å²) in [5.74, 6) is -2.83. The number of hydrogen-bond acceptors (Lipinski definition) is 2. The Hall–Kier alpha value is -2.90. The van der Waals surface area contributed by atoms with Crippen molar-refractivity contribution in [2.45, 2.75) is 32.0 Å². The molecule has 8 heteroatoms. The fraction of sp³-hybridized carbons (Fsp3) is 0.263. The van der Waals surface area contributed by atoms with Crippen LogP contribution in [0.1, 0.15) is 24.5 Å². The highest BCUT2D eigenvalue weighted by molar-refractivity contribution is 6.00. The van der Waals surface area contributed by atoms with Crippen molar-refractivity contribution in [3.05, 3.63) is 65.5 Å². The number of carbonyl (C=O) groups excluding carboxylic acids is 1. The first-order valence-corrected chi connectivity index (χ1v) is 8.10. The van der Waals surface area contributed by atoms with Crippen LogP contribution in [0.4, 0.5) is 23.2 Å². The Morgan fingerprint density at radius 3 is 2.33 bits per heavy atom. The first-order chi connectivity index (χ1) is 12.6. The molecule has 0 aromatic heterocycles. The first kappa shape index (κ1) is 20.4. The number of rotatable bonds is 6. The Balaban J connectivity index is 2.47. The number of halogens is 4. The van der Waals surface area contributed by atoms with E-state index in [1.807, 2.05) is 0 Å². The number of alkyl halides is 3. The maximum absolute atomic E-state index is 13.8. The van der Waals surface area contributed by atoms with Crippen LogP contribution < -0.4 is 4.90 Å². The lowest BCUT2D eigenvalue weighted by Gasteiger charge is -2.29. The van der Waals surface area contributed by atoms with Gasteiger partial charge >= 0.3 is 12.1 Å². The Bertz CT molecular complexity index is 836. The molecule has 1 N–H and O–H groups in total. The lowest BCUT2D eigenvalue weighted by molar-refractivity contribution is -0.140. The van der Waals surface area contributed by atoms with Crippen LogP contribution in [-0.2, 0) is 22.2 Å². The van der Waals surface area contributed by atoms with Crippen LogP contribution in [0.2, 0.25) is 0 Å². The van der Waals surface area contributed by atoms with Crippen LogP contribution in [0.5, 0.6) is 0 Å². The van der Waals surface area contributed by atoms with Crippen molar-refractivity contribution in [1.82, 2.24) is 0 Å². The molecule has 2 aromatic rings. The van der Waals surface area contributed by atoms with E-state index in [0.29, 0.717) is 6.07 Å². The van der Waals surface area contributed by atoms with Gasteiger partial charge in [-0.1, -0.05) is 31.2 Å². The molecule has 144 valence electrons. The van der Waals surface area contributed by atoms with E-state index in [1.54, 1.807) is 0 Å². The van der Waals surface area contributed by atoms with Gasteiger partial charge in [0.25, 0.3) is 0 Å². The summed E-state index contributed by atoms with van der Waals surface area (Å²) in [6.07, 6.45) is -5.16. The van der Waals surface area contributed by atoms with Crippen molar-refractivity contribution in [2.75, 3.05) is 4.90 Å². The standard InChI is InChI=1S/C19H17F4NO3/c1-2-16(18(26)27)24(14-8-5-7-13(11-14)19(21,22)23)17(25)10-12-6-3-4-9-15(12)20/h3-9,11,16H,2,10H2,1H3,(H,26,27).